The number of nitrogens with zero attached hydrogens (tertiary/aromatic N) is 4. The molecule has 9 heteroatoms. The minimum Gasteiger partial charge on any atom is -0.367 e. The molecule has 1 heterocycles. The van der Waals surface area contributed by atoms with Gasteiger partial charge in [0.1, 0.15) is 16.7 Å². The number of para-hydroxylation sites is 2. The van der Waals surface area contributed by atoms with E-state index in [0.717, 1.165) is 11.9 Å². The molecule has 2 aromatic rings. The first kappa shape index (κ1) is 18.7. The molecule has 140 valence electrons. The fourth-order valence-corrected chi connectivity index (χ4v) is 4.14. The summed E-state index contributed by atoms with van der Waals surface area (Å²) < 4.78 is 23.9. The second-order valence-corrected chi connectivity index (χ2v) is 8.24. The summed E-state index contributed by atoms with van der Waals surface area (Å²) in [5, 5.41) is 20.8. The van der Waals surface area contributed by atoms with Crippen LogP contribution in [0.4, 0.5) is 17.1 Å². The molecule has 0 N–H and O–H groups in total. The number of sulfone groups is 1. The maximum absolute atomic E-state index is 11.9. The lowest BCUT2D eigenvalue weighted by atomic mass is 10.1. The fourth-order valence-electron chi connectivity index (χ4n) is 3.28. The number of benzene rings is 2. The van der Waals surface area contributed by atoms with Crippen LogP contribution in [0.1, 0.15) is 5.56 Å². The Bertz CT molecular complexity index is 1020. The van der Waals surface area contributed by atoms with Crippen molar-refractivity contribution in [3.63, 3.8) is 0 Å². The van der Waals surface area contributed by atoms with Crippen molar-refractivity contribution in [3.05, 3.63) is 58.1 Å². The molecule has 0 spiro atoms. The summed E-state index contributed by atoms with van der Waals surface area (Å²) in [4.78, 5) is 14.5. The smallest absolute Gasteiger partial charge is 0.311 e. The molecule has 0 amide bonds. The van der Waals surface area contributed by atoms with Crippen molar-refractivity contribution in [2.45, 2.75) is 4.90 Å². The van der Waals surface area contributed by atoms with Crippen molar-refractivity contribution in [2.75, 3.05) is 42.2 Å². The topological polar surface area (TPSA) is 108 Å². The van der Waals surface area contributed by atoms with E-state index < -0.39 is 14.8 Å². The number of anilines is 2. The molecule has 27 heavy (non-hydrogen) atoms. The first-order valence-corrected chi connectivity index (χ1v) is 10.2. The average molecular weight is 386 g/mol. The molecule has 3 rings (SSSR count). The number of hydrogen-bond acceptors (Lipinski definition) is 7. The Morgan fingerprint density at radius 1 is 1.00 bits per heavy atom. The molecule has 0 aromatic heterocycles. The first-order valence-electron chi connectivity index (χ1n) is 8.29. The van der Waals surface area contributed by atoms with E-state index in [2.05, 4.69) is 11.0 Å². The second-order valence-electron chi connectivity index (χ2n) is 6.26. The first-order chi connectivity index (χ1) is 12.8. The van der Waals surface area contributed by atoms with Gasteiger partial charge in [0, 0.05) is 32.4 Å². The summed E-state index contributed by atoms with van der Waals surface area (Å²) >= 11 is 0. The van der Waals surface area contributed by atoms with Crippen molar-refractivity contribution >= 4 is 26.9 Å². The molecular formula is C18H18N4O4S. The van der Waals surface area contributed by atoms with Gasteiger partial charge in [0.05, 0.1) is 16.2 Å². The highest BCUT2D eigenvalue weighted by Gasteiger charge is 2.30. The summed E-state index contributed by atoms with van der Waals surface area (Å²) in [6.07, 6.45) is 0.968. The molecule has 1 aliphatic rings. The van der Waals surface area contributed by atoms with Crippen LogP contribution in [0.2, 0.25) is 0 Å². The van der Waals surface area contributed by atoms with Crippen LogP contribution in [-0.4, -0.2) is 45.8 Å². The zero-order valence-electron chi connectivity index (χ0n) is 14.7. The van der Waals surface area contributed by atoms with E-state index in [1.54, 1.807) is 18.2 Å². The fraction of sp³-hybridized carbons (Fsp3) is 0.278. The molecule has 8 nitrogen and oxygen atoms in total. The maximum atomic E-state index is 11.9. The Balaban J connectivity index is 1.89. The number of piperazine rings is 1. The van der Waals surface area contributed by atoms with E-state index in [1.807, 2.05) is 17.0 Å². The van der Waals surface area contributed by atoms with Gasteiger partial charge in [-0.25, -0.2) is 8.42 Å². The number of nitro groups is 1. The third kappa shape index (κ3) is 3.71. The van der Waals surface area contributed by atoms with Gasteiger partial charge in [0.25, 0.3) is 0 Å². The van der Waals surface area contributed by atoms with E-state index in [9.17, 15) is 23.8 Å². The van der Waals surface area contributed by atoms with E-state index in [0.29, 0.717) is 37.4 Å². The third-order valence-electron chi connectivity index (χ3n) is 4.55. The molecule has 1 saturated heterocycles. The van der Waals surface area contributed by atoms with E-state index in [1.165, 1.54) is 12.1 Å². The zero-order valence-corrected chi connectivity index (χ0v) is 15.5. The predicted molar refractivity (Wildman–Crippen MR) is 102 cm³/mol. The van der Waals surface area contributed by atoms with Crippen molar-refractivity contribution in [2.24, 2.45) is 0 Å². The van der Waals surface area contributed by atoms with Crippen molar-refractivity contribution in [1.29, 1.82) is 5.26 Å². The van der Waals surface area contributed by atoms with Gasteiger partial charge in [-0.2, -0.15) is 5.26 Å². The highest BCUT2D eigenvalue weighted by Crippen LogP contribution is 2.35. The molecule has 0 radical (unpaired) electrons. The lowest BCUT2D eigenvalue weighted by Crippen LogP contribution is -2.47. The van der Waals surface area contributed by atoms with Crippen LogP contribution in [-0.2, 0) is 9.84 Å². The van der Waals surface area contributed by atoms with Crippen molar-refractivity contribution in [3.8, 4) is 6.07 Å². The molecule has 0 bridgehead atoms. The highest BCUT2D eigenvalue weighted by atomic mass is 32.2. The van der Waals surface area contributed by atoms with Crippen molar-refractivity contribution in [1.82, 2.24) is 0 Å². The van der Waals surface area contributed by atoms with Crippen LogP contribution in [0.5, 0.6) is 0 Å². The Morgan fingerprint density at radius 3 is 2.11 bits per heavy atom. The monoisotopic (exact) mass is 386 g/mol. The molecule has 0 unspecified atom stereocenters. The number of hydrogen-bond donors (Lipinski definition) is 0. The maximum Gasteiger partial charge on any atom is 0.311 e. The molecule has 1 fully saturated rings. The Morgan fingerprint density at radius 2 is 1.56 bits per heavy atom. The number of nitro benzene ring substituents is 1. The molecule has 1 aliphatic heterocycles. The van der Waals surface area contributed by atoms with Crippen LogP contribution in [0.15, 0.2) is 47.4 Å². The SMILES string of the molecule is CS(=O)(=O)c1cccc(N2CCN(c3ccccc3C#N)CC2)c1[N+](=O)[O-]. The van der Waals surface area contributed by atoms with E-state index in [-0.39, 0.29) is 10.6 Å². The normalized spacial score (nSPS) is 14.7. The summed E-state index contributed by atoms with van der Waals surface area (Å²) in [5.41, 5.74) is 1.33. The predicted octanol–water partition coefficient (Wildman–Crippen LogP) is 2.20. The van der Waals surface area contributed by atoms with E-state index in [4.69, 9.17) is 0 Å². The quantitative estimate of drug-likeness (QED) is 0.585. The molecule has 0 atom stereocenters. The van der Waals surface area contributed by atoms with Gasteiger partial charge in [0.2, 0.25) is 0 Å². The van der Waals surface area contributed by atoms with Crippen molar-refractivity contribution < 1.29 is 13.3 Å². The third-order valence-corrected chi connectivity index (χ3v) is 5.67. The second kappa shape index (κ2) is 7.25. The minimum atomic E-state index is -3.72. The van der Waals surface area contributed by atoms with Crippen LogP contribution < -0.4 is 9.80 Å². The molecule has 2 aromatic carbocycles. The van der Waals surface area contributed by atoms with Gasteiger partial charge in [-0.1, -0.05) is 18.2 Å². The Hall–Kier alpha value is -3.12. The van der Waals surface area contributed by atoms with Crippen LogP contribution in [0.25, 0.3) is 0 Å². The lowest BCUT2D eigenvalue weighted by molar-refractivity contribution is -0.387. The average Bonchev–Trinajstić information content (AvgIpc) is 2.66. The van der Waals surface area contributed by atoms with Gasteiger partial charge >= 0.3 is 5.69 Å². The van der Waals surface area contributed by atoms with Gasteiger partial charge in [-0.05, 0) is 24.3 Å². The number of nitriles is 1. The molecule has 0 saturated carbocycles. The Kier molecular flexibility index (Phi) is 5.01. The highest BCUT2D eigenvalue weighted by molar-refractivity contribution is 7.90. The summed E-state index contributed by atoms with van der Waals surface area (Å²) in [6, 6.07) is 13.8. The number of rotatable bonds is 4. The van der Waals surface area contributed by atoms with Crippen LogP contribution in [0, 0.1) is 21.4 Å². The van der Waals surface area contributed by atoms with Gasteiger partial charge < -0.3 is 9.80 Å². The minimum absolute atomic E-state index is 0.276. The van der Waals surface area contributed by atoms with Crippen LogP contribution >= 0.6 is 0 Å². The van der Waals surface area contributed by atoms with Gasteiger partial charge in [-0.15, -0.1) is 0 Å². The molecule has 0 aliphatic carbocycles. The zero-order chi connectivity index (χ0) is 19.6. The summed E-state index contributed by atoms with van der Waals surface area (Å²) in [7, 11) is -3.72. The Labute approximate surface area is 157 Å². The standard InChI is InChI=1S/C18H18N4O4S/c1-27(25,26)17-8-4-7-16(18(17)22(23)24)21-11-9-20(10-12-21)15-6-3-2-5-14(15)13-19/h2-8H,9-12H2,1H3. The van der Waals surface area contributed by atoms with Gasteiger partial charge in [-0.3, -0.25) is 10.1 Å². The summed E-state index contributed by atoms with van der Waals surface area (Å²) in [5.74, 6) is 0. The largest absolute Gasteiger partial charge is 0.367 e. The summed E-state index contributed by atoms with van der Waals surface area (Å²) in [6.45, 7) is 2.10. The van der Waals surface area contributed by atoms with E-state index >= 15 is 0 Å². The van der Waals surface area contributed by atoms with Gasteiger partial charge in [0.15, 0.2) is 9.84 Å². The lowest BCUT2D eigenvalue weighted by Gasteiger charge is -2.37. The molecular weight excluding hydrogens is 368 g/mol. The van der Waals surface area contributed by atoms with Crippen LogP contribution in [0.3, 0.4) is 0 Å².